The number of amides is 1. The summed E-state index contributed by atoms with van der Waals surface area (Å²) in [6.07, 6.45) is 5.65. The number of aryl methyl sites for hydroxylation is 3. The van der Waals surface area contributed by atoms with Crippen LogP contribution in [0.25, 0.3) is 0 Å². The third kappa shape index (κ3) is 3.64. The van der Waals surface area contributed by atoms with Crippen molar-refractivity contribution in [2.24, 2.45) is 0 Å². The first kappa shape index (κ1) is 15.8. The van der Waals surface area contributed by atoms with Crippen molar-refractivity contribution in [2.45, 2.75) is 52.0 Å². The van der Waals surface area contributed by atoms with Gasteiger partial charge in [-0.2, -0.15) is 0 Å². The van der Waals surface area contributed by atoms with Crippen molar-refractivity contribution in [1.29, 1.82) is 0 Å². The lowest BCUT2D eigenvalue weighted by atomic mass is 9.90. The van der Waals surface area contributed by atoms with E-state index in [1.54, 1.807) is 0 Å². The second-order valence-corrected chi connectivity index (χ2v) is 6.54. The summed E-state index contributed by atoms with van der Waals surface area (Å²) in [6.45, 7) is 4.19. The first-order chi connectivity index (χ1) is 11.2. The van der Waals surface area contributed by atoms with E-state index < -0.39 is 0 Å². The van der Waals surface area contributed by atoms with Gasteiger partial charge < -0.3 is 5.32 Å². The van der Waals surface area contributed by atoms with Crippen LogP contribution >= 0.6 is 0 Å². The number of benzene rings is 2. The highest BCUT2D eigenvalue weighted by Gasteiger charge is 2.16. The lowest BCUT2D eigenvalue weighted by Crippen LogP contribution is -2.28. The van der Waals surface area contributed by atoms with Crippen molar-refractivity contribution in [3.05, 3.63) is 70.3 Å². The predicted molar refractivity (Wildman–Crippen MR) is 94.8 cm³/mol. The van der Waals surface area contributed by atoms with Gasteiger partial charge in [0.15, 0.2) is 0 Å². The summed E-state index contributed by atoms with van der Waals surface area (Å²) in [5.41, 5.74) is 5.97. The van der Waals surface area contributed by atoms with E-state index in [0.717, 1.165) is 24.8 Å². The maximum Gasteiger partial charge on any atom is 0.251 e. The summed E-state index contributed by atoms with van der Waals surface area (Å²) >= 11 is 0. The number of carbonyl (C=O) groups excluding carboxylic acids is 1. The highest BCUT2D eigenvalue weighted by atomic mass is 16.1. The van der Waals surface area contributed by atoms with E-state index in [0.29, 0.717) is 0 Å². The summed E-state index contributed by atoms with van der Waals surface area (Å²) in [5, 5.41) is 3.19. The number of nitrogens with one attached hydrogen (secondary N) is 1. The van der Waals surface area contributed by atoms with Crippen molar-refractivity contribution in [3.63, 3.8) is 0 Å². The first-order valence-electron chi connectivity index (χ1n) is 8.66. The van der Waals surface area contributed by atoms with Gasteiger partial charge in [0.1, 0.15) is 0 Å². The fourth-order valence-corrected chi connectivity index (χ4v) is 3.34. The van der Waals surface area contributed by atoms with E-state index in [2.05, 4.69) is 55.6 Å². The minimum absolute atomic E-state index is 0.0331. The second-order valence-electron chi connectivity index (χ2n) is 6.54. The maximum atomic E-state index is 12.6. The van der Waals surface area contributed by atoms with Crippen molar-refractivity contribution in [3.8, 4) is 0 Å². The Balaban J connectivity index is 1.75. The van der Waals surface area contributed by atoms with Crippen LogP contribution in [-0.4, -0.2) is 5.91 Å². The Hall–Kier alpha value is -2.09. The van der Waals surface area contributed by atoms with Crippen LogP contribution in [0.1, 0.15) is 64.8 Å². The molecule has 1 aliphatic carbocycles. The Labute approximate surface area is 138 Å². The van der Waals surface area contributed by atoms with Crippen LogP contribution in [0.5, 0.6) is 0 Å². The highest BCUT2D eigenvalue weighted by Crippen LogP contribution is 2.23. The maximum absolute atomic E-state index is 12.6. The Kier molecular flexibility index (Phi) is 4.80. The zero-order valence-electron chi connectivity index (χ0n) is 14.1. The smallest absolute Gasteiger partial charge is 0.251 e. The SMILES string of the molecule is CCC(NC(=O)c1ccc2c(c1)CCCC2)c1ccc(C)cc1. The van der Waals surface area contributed by atoms with Gasteiger partial charge in [-0.1, -0.05) is 42.8 Å². The Morgan fingerprint density at radius 3 is 2.43 bits per heavy atom. The van der Waals surface area contributed by atoms with Crippen molar-refractivity contribution < 1.29 is 4.79 Å². The molecule has 0 bridgehead atoms. The monoisotopic (exact) mass is 307 g/mol. The van der Waals surface area contributed by atoms with Crippen molar-refractivity contribution in [2.75, 3.05) is 0 Å². The second kappa shape index (κ2) is 6.99. The van der Waals surface area contributed by atoms with Gasteiger partial charge in [-0.15, -0.1) is 0 Å². The summed E-state index contributed by atoms with van der Waals surface area (Å²) in [6, 6.07) is 14.7. The molecule has 120 valence electrons. The Bertz CT molecular complexity index is 687. The molecule has 0 heterocycles. The summed E-state index contributed by atoms with van der Waals surface area (Å²) in [4.78, 5) is 12.6. The van der Waals surface area contributed by atoms with Crippen LogP contribution in [0.4, 0.5) is 0 Å². The molecule has 0 aliphatic heterocycles. The fraction of sp³-hybridized carbons (Fsp3) is 0.381. The lowest BCUT2D eigenvalue weighted by Gasteiger charge is -2.20. The zero-order chi connectivity index (χ0) is 16.2. The molecule has 1 N–H and O–H groups in total. The number of hydrogen-bond acceptors (Lipinski definition) is 1. The van der Waals surface area contributed by atoms with Gasteiger partial charge in [0.05, 0.1) is 6.04 Å². The first-order valence-corrected chi connectivity index (χ1v) is 8.66. The average molecular weight is 307 g/mol. The molecule has 0 fully saturated rings. The van der Waals surface area contributed by atoms with Gasteiger partial charge >= 0.3 is 0 Å². The van der Waals surface area contributed by atoms with Crippen LogP contribution in [0, 0.1) is 6.92 Å². The summed E-state index contributed by atoms with van der Waals surface area (Å²) in [5.74, 6) is 0.0331. The molecular weight excluding hydrogens is 282 g/mol. The van der Waals surface area contributed by atoms with Crippen LogP contribution in [-0.2, 0) is 12.8 Å². The molecule has 23 heavy (non-hydrogen) atoms. The molecule has 2 aromatic rings. The average Bonchev–Trinajstić information content (AvgIpc) is 2.60. The summed E-state index contributed by atoms with van der Waals surface area (Å²) in [7, 11) is 0. The molecule has 2 heteroatoms. The fourth-order valence-electron chi connectivity index (χ4n) is 3.34. The van der Waals surface area contributed by atoms with Crippen LogP contribution < -0.4 is 5.32 Å². The number of hydrogen-bond donors (Lipinski definition) is 1. The molecule has 2 aromatic carbocycles. The van der Waals surface area contributed by atoms with Gasteiger partial charge in [-0.05, 0) is 67.9 Å². The predicted octanol–water partition coefficient (Wildman–Crippen LogP) is 4.75. The van der Waals surface area contributed by atoms with Crippen LogP contribution in [0.15, 0.2) is 42.5 Å². The standard InChI is InChI=1S/C21H25NO/c1-3-20(17-10-8-15(2)9-11-17)22-21(23)19-13-12-16-6-4-5-7-18(16)14-19/h8-14,20H,3-7H2,1-2H3,(H,22,23). The van der Waals surface area contributed by atoms with E-state index in [-0.39, 0.29) is 11.9 Å². The summed E-state index contributed by atoms with van der Waals surface area (Å²) < 4.78 is 0. The lowest BCUT2D eigenvalue weighted by molar-refractivity contribution is 0.0935. The molecule has 0 aromatic heterocycles. The molecule has 0 spiro atoms. The largest absolute Gasteiger partial charge is 0.345 e. The van der Waals surface area contributed by atoms with E-state index in [4.69, 9.17) is 0 Å². The molecule has 0 saturated carbocycles. The number of rotatable bonds is 4. The molecule has 3 rings (SSSR count). The Morgan fingerprint density at radius 2 is 1.74 bits per heavy atom. The van der Waals surface area contributed by atoms with E-state index in [9.17, 15) is 4.79 Å². The van der Waals surface area contributed by atoms with Gasteiger partial charge in [-0.25, -0.2) is 0 Å². The minimum atomic E-state index is 0.0331. The molecule has 1 unspecified atom stereocenters. The minimum Gasteiger partial charge on any atom is -0.345 e. The van der Waals surface area contributed by atoms with E-state index in [1.807, 2.05) is 6.07 Å². The molecule has 1 atom stereocenters. The van der Waals surface area contributed by atoms with Crippen molar-refractivity contribution >= 4 is 5.91 Å². The van der Waals surface area contributed by atoms with Gasteiger partial charge in [0.2, 0.25) is 0 Å². The zero-order valence-corrected chi connectivity index (χ0v) is 14.1. The van der Waals surface area contributed by atoms with Gasteiger partial charge in [0.25, 0.3) is 5.91 Å². The van der Waals surface area contributed by atoms with Gasteiger partial charge in [-0.3, -0.25) is 4.79 Å². The van der Waals surface area contributed by atoms with Crippen LogP contribution in [0.3, 0.4) is 0 Å². The topological polar surface area (TPSA) is 29.1 Å². The molecule has 0 saturated heterocycles. The van der Waals surface area contributed by atoms with E-state index >= 15 is 0 Å². The number of fused-ring (bicyclic) bond motifs is 1. The molecule has 0 radical (unpaired) electrons. The molecular formula is C21H25NO. The molecule has 1 aliphatic rings. The Morgan fingerprint density at radius 1 is 1.04 bits per heavy atom. The number of carbonyl (C=O) groups is 1. The van der Waals surface area contributed by atoms with E-state index in [1.165, 1.54) is 35.1 Å². The third-order valence-corrected chi connectivity index (χ3v) is 4.80. The third-order valence-electron chi connectivity index (χ3n) is 4.80. The van der Waals surface area contributed by atoms with Gasteiger partial charge in [0, 0.05) is 5.56 Å². The van der Waals surface area contributed by atoms with Crippen molar-refractivity contribution in [1.82, 2.24) is 5.32 Å². The highest BCUT2D eigenvalue weighted by molar-refractivity contribution is 5.94. The quantitative estimate of drug-likeness (QED) is 0.867. The normalized spacial score (nSPS) is 14.9. The van der Waals surface area contributed by atoms with Crippen LogP contribution in [0.2, 0.25) is 0 Å². The molecule has 1 amide bonds. The molecule has 2 nitrogen and oxygen atoms in total.